The molecule has 33 heavy (non-hydrogen) atoms. The van der Waals surface area contributed by atoms with Crippen molar-refractivity contribution in [1.82, 2.24) is 9.97 Å². The van der Waals surface area contributed by atoms with E-state index in [1.165, 1.54) is 18.2 Å². The van der Waals surface area contributed by atoms with Crippen molar-refractivity contribution in [2.24, 2.45) is 0 Å². The summed E-state index contributed by atoms with van der Waals surface area (Å²) in [5.74, 6) is 0.243. The molecule has 5 aromatic rings. The Morgan fingerprint density at radius 2 is 1.88 bits per heavy atom. The molecule has 5 rings (SSSR count). The van der Waals surface area contributed by atoms with E-state index in [-0.39, 0.29) is 17.2 Å². The Bertz CT molecular complexity index is 1490. The number of oxazole rings is 1. The van der Waals surface area contributed by atoms with Crippen LogP contribution in [0.3, 0.4) is 0 Å². The maximum atomic E-state index is 12.7. The van der Waals surface area contributed by atoms with E-state index >= 15 is 0 Å². The number of carbonyl (C=O) groups is 1. The molecule has 0 fully saturated rings. The average Bonchev–Trinajstić information content (AvgIpc) is 3.48. The van der Waals surface area contributed by atoms with E-state index < -0.39 is 10.8 Å². The van der Waals surface area contributed by atoms with Crippen LogP contribution in [-0.2, 0) is 0 Å². The molecule has 0 aliphatic carbocycles. The summed E-state index contributed by atoms with van der Waals surface area (Å²) in [7, 11) is 0. The Morgan fingerprint density at radius 1 is 1.03 bits per heavy atom. The minimum atomic E-state index is -0.491. The molecular weight excluding hydrogens is 424 g/mol. The van der Waals surface area contributed by atoms with Crippen LogP contribution in [0.1, 0.15) is 16.1 Å². The number of fused-ring (bicyclic) bond motifs is 1. The van der Waals surface area contributed by atoms with E-state index in [0.717, 1.165) is 11.1 Å². The van der Waals surface area contributed by atoms with Crippen molar-refractivity contribution in [3.63, 3.8) is 0 Å². The number of nitro benzene ring substituents is 1. The van der Waals surface area contributed by atoms with E-state index in [9.17, 15) is 14.9 Å². The molecule has 0 unspecified atom stereocenters. The second-order valence-electron chi connectivity index (χ2n) is 7.27. The van der Waals surface area contributed by atoms with Gasteiger partial charge in [0.1, 0.15) is 5.76 Å². The number of rotatable bonds is 5. The number of hydrogen-bond donors (Lipinski definition) is 1. The van der Waals surface area contributed by atoms with Crippen LogP contribution in [0.15, 0.2) is 81.8 Å². The molecular formula is C24H16N4O5. The van der Waals surface area contributed by atoms with Gasteiger partial charge < -0.3 is 14.2 Å². The first kappa shape index (κ1) is 20.1. The number of nitrogens with one attached hydrogen (secondary N) is 1. The van der Waals surface area contributed by atoms with Crippen LogP contribution in [0.4, 0.5) is 11.4 Å². The van der Waals surface area contributed by atoms with Crippen molar-refractivity contribution in [2.45, 2.75) is 6.92 Å². The minimum Gasteiger partial charge on any atom is -0.451 e. The van der Waals surface area contributed by atoms with Gasteiger partial charge in [-0.05, 0) is 61.0 Å². The smallest absolute Gasteiger partial charge is 0.291 e. The van der Waals surface area contributed by atoms with Gasteiger partial charge in [-0.1, -0.05) is 12.1 Å². The predicted molar refractivity (Wildman–Crippen MR) is 121 cm³/mol. The number of carbonyl (C=O) groups excluding carboxylic acids is 1. The normalized spacial score (nSPS) is 10.9. The van der Waals surface area contributed by atoms with Crippen LogP contribution < -0.4 is 5.32 Å². The number of aryl methyl sites for hydroxylation is 1. The number of furan rings is 1. The standard InChI is InChI=1S/C24H16N4O5/c1-14-13-15(24-27-22-20(33-24)7-4-12-25-22)8-9-17(14)26-23(29)21-11-10-19(32-21)16-5-2-3-6-18(16)28(30)31/h2-13H,1H3,(H,26,29). The molecule has 9 nitrogen and oxygen atoms in total. The van der Waals surface area contributed by atoms with Crippen molar-refractivity contribution in [3.05, 3.63) is 94.4 Å². The lowest BCUT2D eigenvalue weighted by atomic mass is 10.1. The number of hydrogen-bond acceptors (Lipinski definition) is 7. The van der Waals surface area contributed by atoms with Gasteiger partial charge >= 0.3 is 0 Å². The van der Waals surface area contributed by atoms with Crippen molar-refractivity contribution < 1.29 is 18.6 Å². The molecule has 0 saturated heterocycles. The van der Waals surface area contributed by atoms with E-state index in [1.54, 1.807) is 48.7 Å². The fraction of sp³-hybridized carbons (Fsp3) is 0.0417. The van der Waals surface area contributed by atoms with Gasteiger partial charge in [0.2, 0.25) is 5.89 Å². The molecule has 1 amide bonds. The van der Waals surface area contributed by atoms with Gasteiger partial charge in [0.05, 0.1) is 10.5 Å². The number of benzene rings is 2. The number of amides is 1. The molecule has 1 N–H and O–H groups in total. The molecule has 162 valence electrons. The zero-order valence-corrected chi connectivity index (χ0v) is 17.3. The first-order valence-corrected chi connectivity index (χ1v) is 9.97. The zero-order chi connectivity index (χ0) is 22.9. The maximum Gasteiger partial charge on any atom is 0.291 e. The Morgan fingerprint density at radius 3 is 2.67 bits per heavy atom. The SMILES string of the molecule is Cc1cc(-c2nc3ncccc3o2)ccc1NC(=O)c1ccc(-c2ccccc2[N+](=O)[O-])o1. The lowest BCUT2D eigenvalue weighted by Gasteiger charge is -2.08. The fourth-order valence-corrected chi connectivity index (χ4v) is 3.46. The monoisotopic (exact) mass is 440 g/mol. The van der Waals surface area contributed by atoms with Gasteiger partial charge in [0.15, 0.2) is 17.0 Å². The topological polar surface area (TPSA) is 124 Å². The van der Waals surface area contributed by atoms with Gasteiger partial charge in [0, 0.05) is 23.5 Å². The van der Waals surface area contributed by atoms with Crippen LogP contribution in [0.25, 0.3) is 34.0 Å². The molecule has 0 atom stereocenters. The first-order chi connectivity index (χ1) is 16.0. The molecule has 3 heterocycles. The molecule has 9 heteroatoms. The zero-order valence-electron chi connectivity index (χ0n) is 17.3. The predicted octanol–water partition coefficient (Wildman–Crippen LogP) is 5.62. The fourth-order valence-electron chi connectivity index (χ4n) is 3.46. The van der Waals surface area contributed by atoms with Crippen LogP contribution >= 0.6 is 0 Å². The molecule has 0 radical (unpaired) electrons. The second kappa shape index (κ2) is 8.04. The Balaban J connectivity index is 1.37. The lowest BCUT2D eigenvalue weighted by molar-refractivity contribution is -0.384. The number of pyridine rings is 1. The Hall–Kier alpha value is -4.79. The molecule has 0 aliphatic heterocycles. The summed E-state index contributed by atoms with van der Waals surface area (Å²) in [4.78, 5) is 32.1. The summed E-state index contributed by atoms with van der Waals surface area (Å²) in [6, 6.07) is 18.2. The van der Waals surface area contributed by atoms with Crippen molar-refractivity contribution >= 4 is 28.5 Å². The summed E-state index contributed by atoms with van der Waals surface area (Å²) >= 11 is 0. The second-order valence-corrected chi connectivity index (χ2v) is 7.27. The van der Waals surface area contributed by atoms with Crippen molar-refractivity contribution in [1.29, 1.82) is 0 Å². The molecule has 2 aromatic carbocycles. The summed E-state index contributed by atoms with van der Waals surface area (Å²) in [6.07, 6.45) is 1.65. The Labute approximate surface area is 186 Å². The van der Waals surface area contributed by atoms with Crippen molar-refractivity contribution in [2.75, 3.05) is 5.32 Å². The molecule has 0 bridgehead atoms. The van der Waals surface area contributed by atoms with Crippen LogP contribution in [-0.4, -0.2) is 20.8 Å². The summed E-state index contributed by atoms with van der Waals surface area (Å²) in [5.41, 5.74) is 3.45. The number of aromatic nitrogens is 2. The van der Waals surface area contributed by atoms with E-state index in [1.807, 2.05) is 13.0 Å². The number of nitrogens with zero attached hydrogens (tertiary/aromatic N) is 3. The molecule has 0 saturated carbocycles. The lowest BCUT2D eigenvalue weighted by Crippen LogP contribution is -2.11. The van der Waals surface area contributed by atoms with Gasteiger partial charge in [-0.3, -0.25) is 14.9 Å². The van der Waals surface area contributed by atoms with Crippen LogP contribution in [0, 0.1) is 17.0 Å². The molecule has 0 spiro atoms. The van der Waals surface area contributed by atoms with Gasteiger partial charge in [-0.25, -0.2) is 4.98 Å². The molecule has 3 aromatic heterocycles. The first-order valence-electron chi connectivity index (χ1n) is 9.97. The quantitative estimate of drug-likeness (QED) is 0.278. The highest BCUT2D eigenvalue weighted by Crippen LogP contribution is 2.31. The van der Waals surface area contributed by atoms with E-state index in [2.05, 4.69) is 15.3 Å². The summed E-state index contributed by atoms with van der Waals surface area (Å²) < 4.78 is 11.4. The number of nitro groups is 1. The largest absolute Gasteiger partial charge is 0.451 e. The summed E-state index contributed by atoms with van der Waals surface area (Å²) in [5, 5.41) is 14.1. The van der Waals surface area contributed by atoms with E-state index in [0.29, 0.717) is 28.4 Å². The third-order valence-electron chi connectivity index (χ3n) is 5.08. The van der Waals surface area contributed by atoms with E-state index in [4.69, 9.17) is 8.83 Å². The number of anilines is 1. The van der Waals surface area contributed by atoms with Crippen LogP contribution in [0.2, 0.25) is 0 Å². The van der Waals surface area contributed by atoms with Gasteiger partial charge in [-0.15, -0.1) is 0 Å². The summed E-state index contributed by atoms with van der Waals surface area (Å²) in [6.45, 7) is 1.85. The highest BCUT2D eigenvalue weighted by atomic mass is 16.6. The third-order valence-corrected chi connectivity index (χ3v) is 5.08. The minimum absolute atomic E-state index is 0.0386. The Kier molecular flexibility index (Phi) is 4.91. The highest BCUT2D eigenvalue weighted by Gasteiger charge is 2.20. The number of para-hydroxylation sites is 1. The van der Waals surface area contributed by atoms with Crippen molar-refractivity contribution in [3.8, 4) is 22.8 Å². The molecule has 0 aliphatic rings. The highest BCUT2D eigenvalue weighted by molar-refractivity contribution is 6.03. The van der Waals surface area contributed by atoms with Gasteiger partial charge in [0.25, 0.3) is 11.6 Å². The maximum absolute atomic E-state index is 12.7. The van der Waals surface area contributed by atoms with Crippen LogP contribution in [0.5, 0.6) is 0 Å². The van der Waals surface area contributed by atoms with Gasteiger partial charge in [-0.2, -0.15) is 4.98 Å². The third kappa shape index (κ3) is 3.83. The average molecular weight is 440 g/mol.